The van der Waals surface area contributed by atoms with Gasteiger partial charge in [0.2, 0.25) is 6.79 Å². The van der Waals surface area contributed by atoms with Crippen LogP contribution in [0.25, 0.3) is 0 Å². The second-order valence-electron chi connectivity index (χ2n) is 5.31. The molecule has 1 atom stereocenters. The molecule has 1 unspecified atom stereocenters. The molecule has 0 aliphatic carbocycles. The van der Waals surface area contributed by atoms with E-state index in [1.165, 1.54) is 7.11 Å². The third kappa shape index (κ3) is 3.81. The minimum Gasteiger partial charge on any atom is -0.469 e. The summed E-state index contributed by atoms with van der Waals surface area (Å²) < 4.78 is 15.7. The van der Waals surface area contributed by atoms with Gasteiger partial charge in [0.1, 0.15) is 11.5 Å². The molecule has 1 heterocycles. The minimum absolute atomic E-state index is 0.190. The summed E-state index contributed by atoms with van der Waals surface area (Å²) in [5, 5.41) is 3.41. The van der Waals surface area contributed by atoms with Crippen molar-refractivity contribution in [2.24, 2.45) is 0 Å². The van der Waals surface area contributed by atoms with Crippen molar-refractivity contribution in [1.29, 1.82) is 0 Å². The van der Waals surface area contributed by atoms with Crippen LogP contribution in [0.3, 0.4) is 0 Å². The average Bonchev–Trinajstić information content (AvgIpc) is 2.60. The first-order valence-corrected chi connectivity index (χ1v) is 7.50. The molecule has 0 fully saturated rings. The Labute approximate surface area is 135 Å². The number of hydrogen-bond donors (Lipinski definition) is 1. The summed E-state index contributed by atoms with van der Waals surface area (Å²) in [6.45, 7) is 0.846. The monoisotopic (exact) mass is 313 g/mol. The Hall–Kier alpha value is -2.53. The van der Waals surface area contributed by atoms with Crippen LogP contribution in [0.15, 0.2) is 48.5 Å². The number of ether oxygens (including phenoxy) is 3. The third-order valence-corrected chi connectivity index (χ3v) is 3.79. The van der Waals surface area contributed by atoms with Crippen molar-refractivity contribution in [3.63, 3.8) is 0 Å². The highest BCUT2D eigenvalue weighted by Crippen LogP contribution is 2.34. The molecular weight excluding hydrogens is 294 g/mol. The number of rotatable bonds is 6. The summed E-state index contributed by atoms with van der Waals surface area (Å²) in [7, 11) is 1.40. The highest BCUT2D eigenvalue weighted by Gasteiger charge is 2.22. The number of esters is 1. The summed E-state index contributed by atoms with van der Waals surface area (Å²) in [5.41, 5.74) is 2.08. The lowest BCUT2D eigenvalue weighted by molar-refractivity contribution is -0.141. The van der Waals surface area contributed by atoms with E-state index >= 15 is 0 Å². The largest absolute Gasteiger partial charge is 0.469 e. The number of carbonyl (C=O) groups excluding carboxylic acids is 1. The smallest absolute Gasteiger partial charge is 0.307 e. The van der Waals surface area contributed by atoms with Gasteiger partial charge < -0.3 is 19.5 Å². The number of benzene rings is 2. The Morgan fingerprint density at radius 1 is 1.22 bits per heavy atom. The van der Waals surface area contributed by atoms with Gasteiger partial charge in [-0.05, 0) is 11.6 Å². The SMILES string of the molecule is COC(=O)CC(NCc1ccccc1)c1ccc2cc1OCO2. The Morgan fingerprint density at radius 3 is 2.83 bits per heavy atom. The lowest BCUT2D eigenvalue weighted by atomic mass is 10.0. The van der Waals surface area contributed by atoms with Crippen molar-refractivity contribution in [2.75, 3.05) is 13.9 Å². The van der Waals surface area contributed by atoms with Crippen LogP contribution in [0.1, 0.15) is 23.6 Å². The van der Waals surface area contributed by atoms with Crippen molar-refractivity contribution in [3.05, 3.63) is 59.7 Å². The molecule has 3 rings (SSSR count). The summed E-state index contributed by atoms with van der Waals surface area (Å²) in [5.74, 6) is 1.25. The molecule has 1 N–H and O–H groups in total. The van der Waals surface area contributed by atoms with Crippen LogP contribution in [-0.2, 0) is 16.1 Å². The molecule has 0 radical (unpaired) electrons. The fraction of sp³-hybridized carbons (Fsp3) is 0.278. The number of nitrogens with one attached hydrogen (secondary N) is 1. The summed E-state index contributed by atoms with van der Waals surface area (Å²) in [4.78, 5) is 11.8. The fourth-order valence-electron chi connectivity index (χ4n) is 2.56. The number of methoxy groups -OCH3 is 1. The highest BCUT2D eigenvalue weighted by molar-refractivity contribution is 5.70. The summed E-state index contributed by atoms with van der Waals surface area (Å²) in [6, 6.07) is 15.5. The van der Waals surface area contributed by atoms with Crippen molar-refractivity contribution < 1.29 is 19.0 Å². The molecule has 0 amide bonds. The molecule has 0 saturated heterocycles. The van der Waals surface area contributed by atoms with Crippen LogP contribution in [-0.4, -0.2) is 19.9 Å². The van der Waals surface area contributed by atoms with E-state index in [9.17, 15) is 4.79 Å². The lowest BCUT2D eigenvalue weighted by Gasteiger charge is -2.24. The van der Waals surface area contributed by atoms with E-state index in [0.29, 0.717) is 6.54 Å². The highest BCUT2D eigenvalue weighted by atomic mass is 16.7. The van der Waals surface area contributed by atoms with Gasteiger partial charge in [0.15, 0.2) is 0 Å². The van der Waals surface area contributed by atoms with Crippen molar-refractivity contribution in [3.8, 4) is 11.5 Å². The lowest BCUT2D eigenvalue weighted by Crippen LogP contribution is -2.25. The second-order valence-corrected chi connectivity index (χ2v) is 5.31. The molecule has 0 saturated carbocycles. The van der Waals surface area contributed by atoms with Crippen molar-refractivity contribution in [1.82, 2.24) is 5.32 Å². The molecule has 1 aliphatic rings. The molecule has 2 aromatic rings. The number of fused-ring (bicyclic) bond motifs is 2. The Kier molecular flexibility index (Phi) is 4.78. The van der Waals surface area contributed by atoms with Crippen LogP contribution in [0.5, 0.6) is 11.5 Å². The molecule has 1 aliphatic heterocycles. The van der Waals surface area contributed by atoms with E-state index in [1.54, 1.807) is 0 Å². The summed E-state index contributed by atoms with van der Waals surface area (Å²) >= 11 is 0. The predicted molar refractivity (Wildman–Crippen MR) is 85.2 cm³/mol. The van der Waals surface area contributed by atoms with Gasteiger partial charge in [-0.25, -0.2) is 0 Å². The van der Waals surface area contributed by atoms with Crippen LogP contribution < -0.4 is 14.8 Å². The van der Waals surface area contributed by atoms with Crippen LogP contribution in [0, 0.1) is 0 Å². The maximum atomic E-state index is 11.8. The van der Waals surface area contributed by atoms with E-state index in [4.69, 9.17) is 14.2 Å². The van der Waals surface area contributed by atoms with Gasteiger partial charge in [0.25, 0.3) is 0 Å². The molecule has 0 aromatic heterocycles. The first-order chi connectivity index (χ1) is 11.3. The molecule has 120 valence electrons. The third-order valence-electron chi connectivity index (χ3n) is 3.79. The van der Waals surface area contributed by atoms with Gasteiger partial charge in [-0.15, -0.1) is 0 Å². The quantitative estimate of drug-likeness (QED) is 0.831. The van der Waals surface area contributed by atoms with E-state index < -0.39 is 0 Å². The van der Waals surface area contributed by atoms with Crippen molar-refractivity contribution >= 4 is 5.97 Å². The molecule has 23 heavy (non-hydrogen) atoms. The second kappa shape index (κ2) is 7.15. The van der Waals surface area contributed by atoms with E-state index in [-0.39, 0.29) is 25.2 Å². The molecule has 5 heteroatoms. The fourth-order valence-corrected chi connectivity index (χ4v) is 2.56. The van der Waals surface area contributed by atoms with Gasteiger partial charge in [0.05, 0.1) is 13.5 Å². The van der Waals surface area contributed by atoms with E-state index in [0.717, 1.165) is 22.6 Å². The molecule has 2 aromatic carbocycles. The Balaban J connectivity index is 1.79. The molecular formula is C18H19NO4. The standard InChI is InChI=1S/C18H19NO4/c1-21-18(20)10-16(19-11-13-5-3-2-4-6-13)15-8-7-14-9-17(15)23-12-22-14/h2-9,16,19H,10-12H2,1H3. The normalized spacial score (nSPS) is 13.6. The zero-order chi connectivity index (χ0) is 16.1. The van der Waals surface area contributed by atoms with E-state index in [2.05, 4.69) is 5.32 Å². The molecule has 2 bridgehead atoms. The maximum absolute atomic E-state index is 11.8. The topological polar surface area (TPSA) is 56.8 Å². The van der Waals surface area contributed by atoms with Crippen LogP contribution in [0.4, 0.5) is 0 Å². The van der Waals surface area contributed by atoms with Gasteiger partial charge in [-0.3, -0.25) is 4.79 Å². The molecule has 0 spiro atoms. The first kappa shape index (κ1) is 15.4. The van der Waals surface area contributed by atoms with Gasteiger partial charge in [0, 0.05) is 24.2 Å². The van der Waals surface area contributed by atoms with Gasteiger partial charge >= 0.3 is 5.97 Å². The maximum Gasteiger partial charge on any atom is 0.307 e. The summed E-state index contributed by atoms with van der Waals surface area (Å²) in [6.07, 6.45) is 0.236. The number of carbonyl (C=O) groups is 1. The number of hydrogen-bond acceptors (Lipinski definition) is 5. The van der Waals surface area contributed by atoms with E-state index in [1.807, 2.05) is 48.5 Å². The average molecular weight is 313 g/mol. The predicted octanol–water partition coefficient (Wildman–Crippen LogP) is 2.81. The van der Waals surface area contributed by atoms with Crippen molar-refractivity contribution in [2.45, 2.75) is 19.0 Å². The first-order valence-electron chi connectivity index (χ1n) is 7.50. The van der Waals surface area contributed by atoms with Gasteiger partial charge in [-0.2, -0.15) is 0 Å². The van der Waals surface area contributed by atoms with Crippen LogP contribution >= 0.6 is 0 Å². The Bertz CT molecular complexity index is 672. The zero-order valence-corrected chi connectivity index (χ0v) is 13.0. The van der Waals surface area contributed by atoms with Gasteiger partial charge in [-0.1, -0.05) is 36.4 Å². The zero-order valence-electron chi connectivity index (χ0n) is 13.0. The van der Waals surface area contributed by atoms with Crippen LogP contribution in [0.2, 0.25) is 0 Å². The minimum atomic E-state index is -0.265. The Morgan fingerprint density at radius 2 is 2.04 bits per heavy atom. The molecule has 5 nitrogen and oxygen atoms in total.